The van der Waals surface area contributed by atoms with Crippen LogP contribution in [0.25, 0.3) is 0 Å². The lowest BCUT2D eigenvalue weighted by Gasteiger charge is -2.49. The highest BCUT2D eigenvalue weighted by atomic mass is 16.5. The van der Waals surface area contributed by atoms with Gasteiger partial charge in [0.15, 0.2) is 0 Å². The fourth-order valence-electron chi connectivity index (χ4n) is 8.89. The molecule has 0 aromatic heterocycles. The number of ether oxygens (including phenoxy) is 2. The van der Waals surface area contributed by atoms with Gasteiger partial charge in [0.2, 0.25) is 0 Å². The minimum atomic E-state index is -0.575. The Balaban J connectivity index is 1.14. The van der Waals surface area contributed by atoms with E-state index in [9.17, 15) is 19.8 Å². The summed E-state index contributed by atoms with van der Waals surface area (Å²) in [6, 6.07) is 14.6. The van der Waals surface area contributed by atoms with E-state index in [1.807, 2.05) is 0 Å². The summed E-state index contributed by atoms with van der Waals surface area (Å²) in [6.07, 6.45) is 6.80. The summed E-state index contributed by atoms with van der Waals surface area (Å²) in [7, 11) is 0. The molecule has 4 saturated heterocycles. The van der Waals surface area contributed by atoms with Crippen LogP contribution < -0.4 is 0 Å². The number of carbonyl (C=O) groups is 2. The van der Waals surface area contributed by atoms with E-state index in [0.717, 1.165) is 63.0 Å². The molecule has 4 atom stereocenters. The standard InChI is InChI=1S/C34H42N2O6/c37-25-9-5-21(6-10-25)29-31(33(39)41-19-23-13-17-35-15-1-3-27(23)35)30(22-7-11-26(38)12-8-22)32(29)34(40)42-20-24-14-18-36-16-2-4-28(24)36/h5-12,23-24,27-32,37-38H,1-4,13-20H2/t23-,24-,27+,28+,29?,30?,31?,32?/m1/s1. The number of phenolic OH excluding ortho intramolecular Hbond substituents is 2. The van der Waals surface area contributed by atoms with Crippen LogP contribution in [0.5, 0.6) is 11.5 Å². The summed E-state index contributed by atoms with van der Waals surface area (Å²) in [6.45, 7) is 5.19. The number of aromatic hydroxyl groups is 2. The van der Waals surface area contributed by atoms with E-state index < -0.39 is 23.7 Å². The third-order valence-corrected chi connectivity index (χ3v) is 11.0. The first-order chi connectivity index (χ1) is 20.5. The van der Waals surface area contributed by atoms with Crippen molar-refractivity contribution < 1.29 is 29.3 Å². The monoisotopic (exact) mass is 574 g/mol. The number of phenols is 2. The van der Waals surface area contributed by atoms with Crippen LogP contribution in [0.3, 0.4) is 0 Å². The van der Waals surface area contributed by atoms with E-state index in [1.54, 1.807) is 48.5 Å². The smallest absolute Gasteiger partial charge is 0.310 e. The first-order valence-corrected chi connectivity index (χ1v) is 15.9. The third kappa shape index (κ3) is 5.06. The highest BCUT2D eigenvalue weighted by Crippen LogP contribution is 2.59. The van der Waals surface area contributed by atoms with E-state index in [1.165, 1.54) is 12.8 Å². The van der Waals surface area contributed by atoms with E-state index in [-0.39, 0.29) is 23.4 Å². The molecule has 2 N–H and O–H groups in total. The van der Waals surface area contributed by atoms with Gasteiger partial charge in [0, 0.05) is 35.8 Å². The van der Waals surface area contributed by atoms with Crippen molar-refractivity contribution in [1.29, 1.82) is 0 Å². The molecule has 2 aromatic rings. The maximum atomic E-state index is 13.9. The number of fused-ring (bicyclic) bond motifs is 2. The second kappa shape index (κ2) is 11.5. The van der Waals surface area contributed by atoms with Gasteiger partial charge in [-0.25, -0.2) is 0 Å². The first-order valence-electron chi connectivity index (χ1n) is 15.9. The second-order valence-electron chi connectivity index (χ2n) is 13.1. The summed E-state index contributed by atoms with van der Waals surface area (Å²) in [5, 5.41) is 20.0. The van der Waals surface area contributed by atoms with Gasteiger partial charge in [-0.1, -0.05) is 24.3 Å². The van der Waals surface area contributed by atoms with Crippen LogP contribution in [-0.2, 0) is 19.1 Å². The lowest BCUT2D eigenvalue weighted by Crippen LogP contribution is -2.52. The highest BCUT2D eigenvalue weighted by molar-refractivity contribution is 5.85. The number of rotatable bonds is 8. The van der Waals surface area contributed by atoms with E-state index in [0.29, 0.717) is 37.1 Å². The Bertz CT molecular complexity index is 1170. The SMILES string of the molecule is O=C(OC[C@H]1CCN2CCC[C@@H]12)C1C(c2ccc(O)cc2)C(C(=O)OC[C@H]2CCN3CCC[C@@H]23)C1c1ccc(O)cc1. The fraction of sp³-hybridized carbons (Fsp3) is 0.588. The summed E-state index contributed by atoms with van der Waals surface area (Å²) < 4.78 is 12.2. The molecule has 0 bridgehead atoms. The molecule has 4 heterocycles. The number of hydrogen-bond donors (Lipinski definition) is 2. The van der Waals surface area contributed by atoms with Gasteiger partial charge in [-0.2, -0.15) is 0 Å². The van der Waals surface area contributed by atoms with Crippen molar-refractivity contribution >= 4 is 11.9 Å². The van der Waals surface area contributed by atoms with Crippen LogP contribution >= 0.6 is 0 Å². The Morgan fingerprint density at radius 1 is 0.619 bits per heavy atom. The molecule has 7 rings (SSSR count). The normalized spacial score (nSPS) is 34.1. The van der Waals surface area contributed by atoms with Crippen molar-refractivity contribution in [3.05, 3.63) is 59.7 Å². The van der Waals surface area contributed by atoms with Crippen molar-refractivity contribution in [2.45, 2.75) is 62.4 Å². The molecule has 2 aromatic carbocycles. The topological polar surface area (TPSA) is 99.5 Å². The Morgan fingerprint density at radius 2 is 1.02 bits per heavy atom. The van der Waals surface area contributed by atoms with Gasteiger partial charge >= 0.3 is 11.9 Å². The molecule has 8 heteroatoms. The molecule has 1 saturated carbocycles. The summed E-state index contributed by atoms with van der Waals surface area (Å²) in [4.78, 5) is 32.9. The van der Waals surface area contributed by atoms with Crippen molar-refractivity contribution in [1.82, 2.24) is 9.80 Å². The zero-order valence-corrected chi connectivity index (χ0v) is 24.1. The van der Waals surface area contributed by atoms with Crippen LogP contribution in [0.15, 0.2) is 48.5 Å². The molecule has 0 spiro atoms. The largest absolute Gasteiger partial charge is 0.508 e. The molecule has 0 radical (unpaired) electrons. The second-order valence-corrected chi connectivity index (χ2v) is 13.1. The predicted octanol–water partition coefficient (Wildman–Crippen LogP) is 4.27. The number of benzene rings is 2. The maximum Gasteiger partial charge on any atom is 0.310 e. The number of nitrogens with zero attached hydrogens (tertiary/aromatic N) is 2. The summed E-state index contributed by atoms with van der Waals surface area (Å²) >= 11 is 0. The molecule has 42 heavy (non-hydrogen) atoms. The van der Waals surface area contributed by atoms with Crippen LogP contribution in [0.2, 0.25) is 0 Å². The zero-order chi connectivity index (χ0) is 28.8. The molecular formula is C34H42N2O6. The van der Waals surface area contributed by atoms with E-state index in [2.05, 4.69) is 9.80 Å². The maximum absolute atomic E-state index is 13.9. The average molecular weight is 575 g/mol. The molecule has 1 aliphatic carbocycles. The van der Waals surface area contributed by atoms with Gasteiger partial charge in [-0.3, -0.25) is 19.4 Å². The van der Waals surface area contributed by atoms with Gasteiger partial charge in [0.1, 0.15) is 11.5 Å². The lowest BCUT2D eigenvalue weighted by atomic mass is 9.52. The summed E-state index contributed by atoms with van der Waals surface area (Å²) in [5.41, 5.74) is 1.63. The molecule has 5 fully saturated rings. The molecule has 0 amide bonds. The Kier molecular flexibility index (Phi) is 7.61. The minimum absolute atomic E-state index is 0.135. The van der Waals surface area contributed by atoms with Crippen LogP contribution in [0.4, 0.5) is 0 Å². The molecular weight excluding hydrogens is 532 g/mol. The van der Waals surface area contributed by atoms with Gasteiger partial charge in [-0.15, -0.1) is 0 Å². The van der Waals surface area contributed by atoms with Crippen molar-refractivity contribution in [2.24, 2.45) is 23.7 Å². The van der Waals surface area contributed by atoms with Crippen molar-refractivity contribution in [2.75, 3.05) is 39.4 Å². The molecule has 224 valence electrons. The first kappa shape index (κ1) is 27.7. The average Bonchev–Trinajstić information content (AvgIpc) is 3.76. The molecule has 5 aliphatic rings. The fourth-order valence-corrected chi connectivity index (χ4v) is 8.89. The van der Waals surface area contributed by atoms with Gasteiger partial charge in [0.05, 0.1) is 25.0 Å². The van der Waals surface area contributed by atoms with E-state index in [4.69, 9.17) is 9.47 Å². The Morgan fingerprint density at radius 3 is 1.43 bits per heavy atom. The van der Waals surface area contributed by atoms with Crippen LogP contribution in [0, 0.1) is 23.7 Å². The minimum Gasteiger partial charge on any atom is -0.508 e. The molecule has 8 nitrogen and oxygen atoms in total. The van der Waals surface area contributed by atoms with Gasteiger partial charge in [-0.05, 0) is 100 Å². The van der Waals surface area contributed by atoms with Crippen molar-refractivity contribution in [3.63, 3.8) is 0 Å². The quantitative estimate of drug-likeness (QED) is 0.451. The highest BCUT2D eigenvalue weighted by Gasteiger charge is 2.60. The van der Waals surface area contributed by atoms with Crippen LogP contribution in [0.1, 0.15) is 61.5 Å². The van der Waals surface area contributed by atoms with Crippen LogP contribution in [-0.4, -0.2) is 83.4 Å². The summed E-state index contributed by atoms with van der Waals surface area (Å²) in [5.74, 6) is -1.62. The van der Waals surface area contributed by atoms with Gasteiger partial charge < -0.3 is 19.7 Å². The Labute approximate surface area is 247 Å². The predicted molar refractivity (Wildman–Crippen MR) is 156 cm³/mol. The third-order valence-electron chi connectivity index (χ3n) is 11.0. The Hall–Kier alpha value is -3.10. The molecule has 4 aliphatic heterocycles. The molecule has 0 unspecified atom stereocenters. The lowest BCUT2D eigenvalue weighted by molar-refractivity contribution is -0.169. The van der Waals surface area contributed by atoms with Gasteiger partial charge in [0.25, 0.3) is 0 Å². The number of esters is 2. The van der Waals surface area contributed by atoms with E-state index >= 15 is 0 Å². The zero-order valence-electron chi connectivity index (χ0n) is 24.1. The number of hydrogen-bond acceptors (Lipinski definition) is 8. The number of carbonyl (C=O) groups excluding carboxylic acids is 2. The van der Waals surface area contributed by atoms with Crippen molar-refractivity contribution in [3.8, 4) is 11.5 Å².